The van der Waals surface area contributed by atoms with Gasteiger partial charge in [0, 0.05) is 5.02 Å². The summed E-state index contributed by atoms with van der Waals surface area (Å²) in [6, 6.07) is 4.79. The average molecular weight is 229 g/mol. The molecule has 0 aliphatic rings. The van der Waals surface area contributed by atoms with Gasteiger partial charge in [-0.05, 0) is 42.0 Å². The Kier molecular flexibility index (Phi) is 4.59. The second-order valence-electron chi connectivity index (χ2n) is 4.35. The molecule has 0 nitrogen and oxygen atoms in total. The lowest BCUT2D eigenvalue weighted by molar-refractivity contribution is 0.470. The van der Waals surface area contributed by atoms with Gasteiger partial charge in [0.05, 0.1) is 0 Å². The van der Waals surface area contributed by atoms with Crippen molar-refractivity contribution < 1.29 is 4.39 Å². The topological polar surface area (TPSA) is 0 Å². The Morgan fingerprint density at radius 2 is 1.93 bits per heavy atom. The number of hydrogen-bond donors (Lipinski definition) is 0. The molecule has 0 N–H and O–H groups in total. The lowest BCUT2D eigenvalue weighted by Crippen LogP contribution is -2.01. The smallest absolute Gasteiger partial charge is 0.124 e. The maximum absolute atomic E-state index is 13.1. The standard InChI is InChI=1S/C13H18ClF/c1-4-9(2)5-10(3)11-6-12(14)8-13(15)7-11/h6-10H,4-5H2,1-3H3. The normalized spacial score (nSPS) is 15.0. The highest BCUT2D eigenvalue weighted by atomic mass is 35.5. The Hall–Kier alpha value is -0.560. The first-order chi connectivity index (χ1) is 7.02. The molecule has 0 amide bonds. The van der Waals surface area contributed by atoms with Gasteiger partial charge in [0.1, 0.15) is 5.82 Å². The summed E-state index contributed by atoms with van der Waals surface area (Å²) in [5.41, 5.74) is 1.00. The second kappa shape index (κ2) is 5.50. The molecule has 84 valence electrons. The first-order valence-corrected chi connectivity index (χ1v) is 5.86. The van der Waals surface area contributed by atoms with E-state index in [0.717, 1.165) is 18.4 Å². The maximum Gasteiger partial charge on any atom is 0.124 e. The molecule has 1 rings (SSSR count). The average Bonchev–Trinajstić information content (AvgIpc) is 2.16. The Bertz CT molecular complexity index is 302. The van der Waals surface area contributed by atoms with E-state index in [-0.39, 0.29) is 5.82 Å². The molecule has 0 fully saturated rings. The molecular weight excluding hydrogens is 211 g/mol. The number of halogens is 2. The third-order valence-electron chi connectivity index (χ3n) is 2.91. The van der Waals surface area contributed by atoms with E-state index in [2.05, 4.69) is 20.8 Å². The van der Waals surface area contributed by atoms with Crippen LogP contribution in [0, 0.1) is 11.7 Å². The second-order valence-corrected chi connectivity index (χ2v) is 4.79. The van der Waals surface area contributed by atoms with Crippen molar-refractivity contribution in [2.24, 2.45) is 5.92 Å². The summed E-state index contributed by atoms with van der Waals surface area (Å²) in [5, 5.41) is 0.487. The van der Waals surface area contributed by atoms with E-state index < -0.39 is 0 Å². The molecule has 2 unspecified atom stereocenters. The Morgan fingerprint density at radius 1 is 1.27 bits per heavy atom. The molecule has 1 aromatic rings. The minimum absolute atomic E-state index is 0.242. The minimum atomic E-state index is -0.242. The van der Waals surface area contributed by atoms with Crippen molar-refractivity contribution in [3.63, 3.8) is 0 Å². The lowest BCUT2D eigenvalue weighted by atomic mass is 9.90. The van der Waals surface area contributed by atoms with Gasteiger partial charge >= 0.3 is 0 Å². The molecule has 2 atom stereocenters. The van der Waals surface area contributed by atoms with Gasteiger partial charge in [-0.15, -0.1) is 0 Å². The summed E-state index contributed by atoms with van der Waals surface area (Å²) in [7, 11) is 0. The molecule has 2 heteroatoms. The third kappa shape index (κ3) is 3.83. The quantitative estimate of drug-likeness (QED) is 0.679. The molecule has 0 bridgehead atoms. The van der Waals surface area contributed by atoms with Crippen LogP contribution in [0.2, 0.25) is 5.02 Å². The fourth-order valence-corrected chi connectivity index (χ4v) is 2.00. The molecule has 0 saturated heterocycles. The van der Waals surface area contributed by atoms with Crippen molar-refractivity contribution in [3.8, 4) is 0 Å². The van der Waals surface area contributed by atoms with Crippen LogP contribution >= 0.6 is 11.6 Å². The molecule has 15 heavy (non-hydrogen) atoms. The van der Waals surface area contributed by atoms with E-state index in [0.29, 0.717) is 16.9 Å². The Morgan fingerprint density at radius 3 is 2.47 bits per heavy atom. The zero-order valence-electron chi connectivity index (χ0n) is 9.56. The molecule has 0 aromatic heterocycles. The van der Waals surface area contributed by atoms with Crippen LogP contribution < -0.4 is 0 Å². The zero-order chi connectivity index (χ0) is 11.4. The summed E-state index contributed by atoms with van der Waals surface area (Å²) in [6.07, 6.45) is 2.24. The lowest BCUT2D eigenvalue weighted by Gasteiger charge is -2.16. The molecule has 0 radical (unpaired) electrons. The van der Waals surface area contributed by atoms with Crippen LogP contribution in [-0.2, 0) is 0 Å². The van der Waals surface area contributed by atoms with Crippen LogP contribution in [0.3, 0.4) is 0 Å². The van der Waals surface area contributed by atoms with E-state index >= 15 is 0 Å². The van der Waals surface area contributed by atoms with Crippen LogP contribution in [0.1, 0.15) is 45.1 Å². The van der Waals surface area contributed by atoms with Crippen molar-refractivity contribution >= 4 is 11.6 Å². The Balaban J connectivity index is 2.77. The van der Waals surface area contributed by atoms with Gasteiger partial charge in [0.25, 0.3) is 0 Å². The highest BCUT2D eigenvalue weighted by Crippen LogP contribution is 2.27. The number of hydrogen-bond acceptors (Lipinski definition) is 0. The van der Waals surface area contributed by atoms with Crippen LogP contribution in [-0.4, -0.2) is 0 Å². The number of benzene rings is 1. The van der Waals surface area contributed by atoms with Gasteiger partial charge in [-0.25, -0.2) is 4.39 Å². The SMILES string of the molecule is CCC(C)CC(C)c1cc(F)cc(Cl)c1. The van der Waals surface area contributed by atoms with Gasteiger partial charge in [-0.3, -0.25) is 0 Å². The van der Waals surface area contributed by atoms with Crippen molar-refractivity contribution in [2.75, 3.05) is 0 Å². The van der Waals surface area contributed by atoms with Crippen molar-refractivity contribution in [3.05, 3.63) is 34.6 Å². The van der Waals surface area contributed by atoms with Crippen LogP contribution in [0.15, 0.2) is 18.2 Å². The monoisotopic (exact) mass is 228 g/mol. The summed E-state index contributed by atoms with van der Waals surface area (Å²) in [4.78, 5) is 0. The summed E-state index contributed by atoms with van der Waals surface area (Å²) >= 11 is 5.82. The predicted octanol–water partition coefficient (Wildman–Crippen LogP) is 5.02. The molecule has 0 saturated carbocycles. The maximum atomic E-state index is 13.1. The molecule has 0 heterocycles. The molecular formula is C13H18ClF. The third-order valence-corrected chi connectivity index (χ3v) is 3.12. The van der Waals surface area contributed by atoms with E-state index in [4.69, 9.17) is 11.6 Å². The van der Waals surface area contributed by atoms with Crippen LogP contribution in [0.5, 0.6) is 0 Å². The molecule has 0 aliphatic carbocycles. The van der Waals surface area contributed by atoms with Crippen molar-refractivity contribution in [1.29, 1.82) is 0 Å². The first-order valence-electron chi connectivity index (χ1n) is 5.49. The van der Waals surface area contributed by atoms with E-state index in [9.17, 15) is 4.39 Å². The van der Waals surface area contributed by atoms with Crippen LogP contribution in [0.4, 0.5) is 4.39 Å². The summed E-state index contributed by atoms with van der Waals surface area (Å²) < 4.78 is 13.1. The highest BCUT2D eigenvalue weighted by Gasteiger charge is 2.11. The fraction of sp³-hybridized carbons (Fsp3) is 0.538. The highest BCUT2D eigenvalue weighted by molar-refractivity contribution is 6.30. The van der Waals surface area contributed by atoms with Gasteiger partial charge in [-0.2, -0.15) is 0 Å². The van der Waals surface area contributed by atoms with Gasteiger partial charge in [-0.1, -0.05) is 38.8 Å². The Labute approximate surface area is 96.5 Å². The van der Waals surface area contributed by atoms with Crippen molar-refractivity contribution in [1.82, 2.24) is 0 Å². The summed E-state index contributed by atoms with van der Waals surface area (Å²) in [5.74, 6) is 0.795. The first kappa shape index (κ1) is 12.5. The van der Waals surface area contributed by atoms with Crippen LogP contribution in [0.25, 0.3) is 0 Å². The predicted molar refractivity (Wildman–Crippen MR) is 63.9 cm³/mol. The van der Waals surface area contributed by atoms with Gasteiger partial charge in [0.15, 0.2) is 0 Å². The molecule has 0 spiro atoms. The number of rotatable bonds is 4. The molecule has 1 aromatic carbocycles. The van der Waals surface area contributed by atoms with E-state index in [1.165, 1.54) is 6.07 Å². The molecule has 0 aliphatic heterocycles. The minimum Gasteiger partial charge on any atom is -0.207 e. The van der Waals surface area contributed by atoms with E-state index in [1.807, 2.05) is 6.07 Å². The van der Waals surface area contributed by atoms with Gasteiger partial charge < -0.3 is 0 Å². The van der Waals surface area contributed by atoms with E-state index in [1.54, 1.807) is 6.07 Å². The fourth-order valence-electron chi connectivity index (χ4n) is 1.77. The largest absolute Gasteiger partial charge is 0.207 e. The zero-order valence-corrected chi connectivity index (χ0v) is 10.3. The van der Waals surface area contributed by atoms with Gasteiger partial charge in [0.2, 0.25) is 0 Å². The van der Waals surface area contributed by atoms with Crippen molar-refractivity contribution in [2.45, 2.75) is 39.5 Å². The summed E-state index contributed by atoms with van der Waals surface area (Å²) in [6.45, 7) is 6.52.